The molecule has 2 aromatic carbocycles. The number of nitrogens with one attached hydrogen (secondary N) is 2. The number of amides is 2. The Kier molecular flexibility index (Phi) is 4.65. The van der Waals surface area contributed by atoms with Gasteiger partial charge in [0.1, 0.15) is 11.4 Å². The zero-order chi connectivity index (χ0) is 19.7. The number of carbonyl (C=O) groups excluding carboxylic acids is 2. The summed E-state index contributed by atoms with van der Waals surface area (Å²) in [6.45, 7) is 2.54. The molecule has 3 aromatic rings. The SMILES string of the molecule is Cc1ncc(C(=O)N[C@@H]2CC(=O)N(Cc3cccc4ccccc34)C2)c(=O)[nH]1. The van der Waals surface area contributed by atoms with E-state index in [1.807, 2.05) is 42.5 Å². The number of likely N-dealkylation sites (tertiary alicyclic amines) is 1. The molecule has 1 atom stereocenters. The van der Waals surface area contributed by atoms with Gasteiger partial charge in [-0.25, -0.2) is 4.98 Å². The first-order valence-corrected chi connectivity index (χ1v) is 9.12. The minimum absolute atomic E-state index is 0.0193. The predicted octanol–water partition coefficient (Wildman–Crippen LogP) is 1.76. The summed E-state index contributed by atoms with van der Waals surface area (Å²) < 4.78 is 0. The van der Waals surface area contributed by atoms with E-state index in [-0.39, 0.29) is 23.9 Å². The smallest absolute Gasteiger partial charge is 0.263 e. The Morgan fingerprint density at radius 2 is 2.00 bits per heavy atom. The van der Waals surface area contributed by atoms with Gasteiger partial charge in [-0.3, -0.25) is 14.4 Å². The molecule has 4 rings (SSSR count). The van der Waals surface area contributed by atoms with Crippen molar-refractivity contribution >= 4 is 22.6 Å². The first-order chi connectivity index (χ1) is 13.5. The van der Waals surface area contributed by atoms with Crippen LogP contribution in [0, 0.1) is 6.92 Å². The van der Waals surface area contributed by atoms with Gasteiger partial charge in [-0.15, -0.1) is 0 Å². The van der Waals surface area contributed by atoms with Crippen molar-refractivity contribution in [1.29, 1.82) is 0 Å². The molecule has 0 saturated carbocycles. The van der Waals surface area contributed by atoms with Crippen molar-refractivity contribution in [2.24, 2.45) is 0 Å². The predicted molar refractivity (Wildman–Crippen MR) is 105 cm³/mol. The molecule has 0 radical (unpaired) electrons. The highest BCUT2D eigenvalue weighted by atomic mass is 16.2. The topological polar surface area (TPSA) is 95.2 Å². The van der Waals surface area contributed by atoms with Crippen molar-refractivity contribution in [3.63, 3.8) is 0 Å². The van der Waals surface area contributed by atoms with Crippen molar-refractivity contribution in [2.75, 3.05) is 6.54 Å². The average Bonchev–Trinajstić information content (AvgIpc) is 3.00. The van der Waals surface area contributed by atoms with Crippen LogP contribution in [-0.4, -0.2) is 39.3 Å². The molecule has 1 fully saturated rings. The largest absolute Gasteiger partial charge is 0.347 e. The Morgan fingerprint density at radius 3 is 2.82 bits per heavy atom. The van der Waals surface area contributed by atoms with Crippen LogP contribution in [0.25, 0.3) is 10.8 Å². The van der Waals surface area contributed by atoms with Crippen LogP contribution >= 0.6 is 0 Å². The summed E-state index contributed by atoms with van der Waals surface area (Å²) in [5.74, 6) is -0.0911. The lowest BCUT2D eigenvalue weighted by atomic mass is 10.0. The maximum Gasteiger partial charge on any atom is 0.263 e. The molecular weight excluding hydrogens is 356 g/mol. The van der Waals surface area contributed by atoms with Gasteiger partial charge >= 0.3 is 0 Å². The molecule has 1 aromatic heterocycles. The third-order valence-electron chi connectivity index (χ3n) is 4.96. The minimum Gasteiger partial charge on any atom is -0.347 e. The lowest BCUT2D eigenvalue weighted by molar-refractivity contribution is -0.128. The Bertz CT molecular complexity index is 1120. The molecule has 2 N–H and O–H groups in total. The third-order valence-corrected chi connectivity index (χ3v) is 4.96. The van der Waals surface area contributed by atoms with Gasteiger partial charge in [0.25, 0.3) is 11.5 Å². The molecular formula is C21H20N4O3. The lowest BCUT2D eigenvalue weighted by Gasteiger charge is -2.18. The van der Waals surface area contributed by atoms with Crippen LogP contribution < -0.4 is 10.9 Å². The van der Waals surface area contributed by atoms with Crippen LogP contribution in [0.3, 0.4) is 0 Å². The summed E-state index contributed by atoms with van der Waals surface area (Å²) in [4.78, 5) is 44.9. The van der Waals surface area contributed by atoms with Crippen LogP contribution in [0.5, 0.6) is 0 Å². The summed E-state index contributed by atoms with van der Waals surface area (Å²) in [5, 5.41) is 5.02. The van der Waals surface area contributed by atoms with E-state index in [0.717, 1.165) is 16.3 Å². The van der Waals surface area contributed by atoms with Crippen molar-refractivity contribution in [3.8, 4) is 0 Å². The normalized spacial score (nSPS) is 16.5. The maximum atomic E-state index is 12.4. The highest BCUT2D eigenvalue weighted by Crippen LogP contribution is 2.22. The third kappa shape index (κ3) is 3.51. The number of nitrogens with zero attached hydrogens (tertiary/aromatic N) is 2. The molecule has 0 spiro atoms. The second kappa shape index (κ2) is 7.26. The van der Waals surface area contributed by atoms with E-state index in [1.165, 1.54) is 6.20 Å². The molecule has 2 amide bonds. The molecule has 2 heterocycles. The van der Waals surface area contributed by atoms with E-state index in [0.29, 0.717) is 18.9 Å². The Labute approximate surface area is 161 Å². The zero-order valence-electron chi connectivity index (χ0n) is 15.4. The summed E-state index contributed by atoms with van der Waals surface area (Å²) in [6.07, 6.45) is 1.47. The first kappa shape index (κ1) is 17.9. The Balaban J connectivity index is 1.46. The first-order valence-electron chi connectivity index (χ1n) is 9.12. The van der Waals surface area contributed by atoms with Crippen molar-refractivity contribution in [3.05, 3.63) is 76.0 Å². The molecule has 0 aliphatic carbocycles. The fourth-order valence-electron chi connectivity index (χ4n) is 3.57. The van der Waals surface area contributed by atoms with Gasteiger partial charge in [-0.1, -0.05) is 42.5 Å². The second-order valence-corrected chi connectivity index (χ2v) is 7.00. The summed E-state index contributed by atoms with van der Waals surface area (Å²) in [7, 11) is 0. The number of hydrogen-bond donors (Lipinski definition) is 2. The number of aryl methyl sites for hydroxylation is 1. The van der Waals surface area contributed by atoms with Gasteiger partial charge in [0.05, 0.1) is 6.04 Å². The molecule has 0 unspecified atom stereocenters. The number of benzene rings is 2. The van der Waals surface area contributed by atoms with Crippen LogP contribution in [0.15, 0.2) is 53.5 Å². The van der Waals surface area contributed by atoms with Gasteiger partial charge < -0.3 is 15.2 Å². The van der Waals surface area contributed by atoms with Crippen LogP contribution in [0.2, 0.25) is 0 Å². The Hall–Kier alpha value is -3.48. The van der Waals surface area contributed by atoms with Crippen molar-refractivity contribution < 1.29 is 9.59 Å². The summed E-state index contributed by atoms with van der Waals surface area (Å²) >= 11 is 0. The number of fused-ring (bicyclic) bond motifs is 1. The fraction of sp³-hybridized carbons (Fsp3) is 0.238. The van der Waals surface area contributed by atoms with E-state index < -0.39 is 11.5 Å². The number of carbonyl (C=O) groups is 2. The van der Waals surface area contributed by atoms with Gasteiger partial charge in [0.15, 0.2) is 0 Å². The number of hydrogen-bond acceptors (Lipinski definition) is 4. The van der Waals surface area contributed by atoms with Gasteiger partial charge in [-0.05, 0) is 23.3 Å². The van der Waals surface area contributed by atoms with Crippen molar-refractivity contribution in [2.45, 2.75) is 25.9 Å². The Morgan fingerprint density at radius 1 is 1.21 bits per heavy atom. The van der Waals surface area contributed by atoms with E-state index in [2.05, 4.69) is 15.3 Å². The molecule has 0 bridgehead atoms. The van der Waals surface area contributed by atoms with Gasteiger partial charge in [-0.2, -0.15) is 0 Å². The minimum atomic E-state index is -0.515. The monoisotopic (exact) mass is 376 g/mol. The van der Waals surface area contributed by atoms with E-state index in [1.54, 1.807) is 11.8 Å². The molecule has 1 aliphatic heterocycles. The molecule has 1 aliphatic rings. The summed E-state index contributed by atoms with van der Waals surface area (Å²) in [6, 6.07) is 13.8. The van der Waals surface area contributed by atoms with Crippen LogP contribution in [0.1, 0.15) is 28.2 Å². The standard InChI is InChI=1S/C21H20N4O3/c1-13-22-10-18(20(27)23-13)21(28)24-16-9-19(26)25(12-16)11-15-7-4-6-14-5-2-3-8-17(14)15/h2-8,10,16H,9,11-12H2,1H3,(H,24,28)(H,22,23,27)/t16-/m1/s1. The maximum absolute atomic E-state index is 12.4. The second-order valence-electron chi connectivity index (χ2n) is 7.00. The fourth-order valence-corrected chi connectivity index (χ4v) is 3.57. The highest BCUT2D eigenvalue weighted by Gasteiger charge is 2.31. The van der Waals surface area contributed by atoms with Crippen LogP contribution in [0.4, 0.5) is 0 Å². The van der Waals surface area contributed by atoms with Gasteiger partial charge in [0.2, 0.25) is 5.91 Å². The lowest BCUT2D eigenvalue weighted by Crippen LogP contribution is -2.39. The number of H-pyrrole nitrogens is 1. The number of aromatic nitrogens is 2. The molecule has 7 heteroatoms. The van der Waals surface area contributed by atoms with E-state index in [9.17, 15) is 14.4 Å². The van der Waals surface area contributed by atoms with Crippen LogP contribution in [-0.2, 0) is 11.3 Å². The molecule has 142 valence electrons. The van der Waals surface area contributed by atoms with Gasteiger partial charge in [0, 0.05) is 25.7 Å². The zero-order valence-corrected chi connectivity index (χ0v) is 15.4. The molecule has 28 heavy (non-hydrogen) atoms. The average molecular weight is 376 g/mol. The van der Waals surface area contributed by atoms with Crippen molar-refractivity contribution in [1.82, 2.24) is 20.2 Å². The summed E-state index contributed by atoms with van der Waals surface area (Å²) in [5.41, 5.74) is 0.532. The highest BCUT2D eigenvalue weighted by molar-refractivity contribution is 5.94. The van der Waals surface area contributed by atoms with E-state index >= 15 is 0 Å². The van der Waals surface area contributed by atoms with E-state index in [4.69, 9.17) is 0 Å². The molecule has 7 nitrogen and oxygen atoms in total. The number of aromatic amines is 1. The number of rotatable bonds is 4. The molecule has 1 saturated heterocycles. The quantitative estimate of drug-likeness (QED) is 0.725.